The zero-order valence-corrected chi connectivity index (χ0v) is 18.7. The van der Waals surface area contributed by atoms with Crippen molar-refractivity contribution in [2.75, 3.05) is 25.2 Å². The molecule has 160 valence electrons. The molecular formula is C20H24N4O4S2. The van der Waals surface area contributed by atoms with Gasteiger partial charge in [-0.05, 0) is 37.8 Å². The van der Waals surface area contributed by atoms with Crippen LogP contribution in [0.15, 0.2) is 23.6 Å². The molecule has 8 nitrogen and oxygen atoms in total. The minimum absolute atomic E-state index is 0.0422. The van der Waals surface area contributed by atoms with Crippen LogP contribution in [0.3, 0.4) is 0 Å². The van der Waals surface area contributed by atoms with Crippen LogP contribution in [0, 0.1) is 6.92 Å². The Morgan fingerprint density at radius 2 is 2.27 bits per heavy atom. The molecule has 0 spiro atoms. The second kappa shape index (κ2) is 8.09. The lowest BCUT2D eigenvalue weighted by atomic mass is 10.1. The summed E-state index contributed by atoms with van der Waals surface area (Å²) < 4.78 is 30.9. The van der Waals surface area contributed by atoms with Gasteiger partial charge < -0.3 is 10.1 Å². The minimum Gasteiger partial charge on any atom is -0.383 e. The molecule has 1 aliphatic rings. The summed E-state index contributed by atoms with van der Waals surface area (Å²) in [6.07, 6.45) is 0.496. The molecule has 0 bridgehead atoms. The minimum atomic E-state index is -3.08. The number of nitrogens with one attached hydrogen (secondary N) is 1. The van der Waals surface area contributed by atoms with Crippen molar-refractivity contribution in [3.63, 3.8) is 0 Å². The van der Waals surface area contributed by atoms with Crippen molar-refractivity contribution in [1.29, 1.82) is 0 Å². The summed E-state index contributed by atoms with van der Waals surface area (Å²) in [4.78, 5) is 18.9. The van der Waals surface area contributed by atoms with Crippen molar-refractivity contribution < 1.29 is 17.9 Å². The summed E-state index contributed by atoms with van der Waals surface area (Å²) in [5, 5.41) is 10.2. The molecule has 1 aliphatic heterocycles. The van der Waals surface area contributed by atoms with Gasteiger partial charge in [0, 0.05) is 13.2 Å². The van der Waals surface area contributed by atoms with Crippen molar-refractivity contribution in [2.24, 2.45) is 0 Å². The Bertz CT molecular complexity index is 1190. The molecule has 0 saturated carbocycles. The van der Waals surface area contributed by atoms with E-state index in [9.17, 15) is 13.2 Å². The number of fused-ring (bicyclic) bond motifs is 1. The highest BCUT2D eigenvalue weighted by molar-refractivity contribution is 7.91. The monoisotopic (exact) mass is 448 g/mol. The maximum Gasteiger partial charge on any atom is 0.252 e. The highest BCUT2D eigenvalue weighted by Crippen LogP contribution is 2.33. The van der Waals surface area contributed by atoms with E-state index in [1.165, 1.54) is 11.3 Å². The summed E-state index contributed by atoms with van der Waals surface area (Å²) in [7, 11) is -1.50. The predicted octanol–water partition coefficient (Wildman–Crippen LogP) is 2.59. The van der Waals surface area contributed by atoms with Gasteiger partial charge in [0.25, 0.3) is 5.91 Å². The number of thiophene rings is 1. The van der Waals surface area contributed by atoms with E-state index in [-0.39, 0.29) is 29.5 Å². The van der Waals surface area contributed by atoms with Gasteiger partial charge in [-0.1, -0.05) is 6.07 Å². The third-order valence-electron chi connectivity index (χ3n) is 5.20. The molecule has 10 heteroatoms. The van der Waals surface area contributed by atoms with Crippen LogP contribution < -0.4 is 5.32 Å². The second-order valence-electron chi connectivity index (χ2n) is 7.65. The summed E-state index contributed by atoms with van der Waals surface area (Å²) in [5.41, 5.74) is 2.36. The SMILES string of the molecule is COCC(C)NC(=O)c1cc(-c2cccs2)nc2c1c(C)nn2C1CCS(=O)(=O)C1. The molecular weight excluding hydrogens is 424 g/mol. The molecule has 3 aromatic rings. The van der Waals surface area contributed by atoms with E-state index in [0.29, 0.717) is 41.0 Å². The van der Waals surface area contributed by atoms with Gasteiger partial charge >= 0.3 is 0 Å². The molecule has 4 heterocycles. The first-order valence-electron chi connectivity index (χ1n) is 9.73. The van der Waals surface area contributed by atoms with E-state index in [0.717, 1.165) is 4.88 Å². The van der Waals surface area contributed by atoms with Gasteiger partial charge in [0.2, 0.25) is 0 Å². The highest BCUT2D eigenvalue weighted by Gasteiger charge is 2.32. The number of carbonyl (C=O) groups excluding carboxylic acids is 1. The molecule has 0 aliphatic carbocycles. The molecule has 1 saturated heterocycles. The number of pyridine rings is 1. The van der Waals surface area contributed by atoms with E-state index in [2.05, 4.69) is 10.4 Å². The van der Waals surface area contributed by atoms with E-state index >= 15 is 0 Å². The maximum absolute atomic E-state index is 13.1. The third-order valence-corrected chi connectivity index (χ3v) is 7.85. The number of hydrogen-bond donors (Lipinski definition) is 1. The average molecular weight is 449 g/mol. The Morgan fingerprint density at radius 3 is 2.90 bits per heavy atom. The number of nitrogens with zero attached hydrogens (tertiary/aromatic N) is 3. The number of rotatable bonds is 6. The van der Waals surface area contributed by atoms with Crippen LogP contribution in [0.5, 0.6) is 0 Å². The standard InChI is InChI=1S/C20H24N4O4S2/c1-12(10-28-3)21-20(25)15-9-16(17-5-4-7-29-17)22-19-18(15)13(2)23-24(19)14-6-8-30(26,27)11-14/h4-5,7,9,12,14H,6,8,10-11H2,1-3H3,(H,21,25). The van der Waals surface area contributed by atoms with E-state index in [1.54, 1.807) is 17.9 Å². The lowest BCUT2D eigenvalue weighted by Crippen LogP contribution is -2.35. The fraction of sp³-hybridized carbons (Fsp3) is 0.450. The van der Waals surface area contributed by atoms with Gasteiger partial charge in [-0.2, -0.15) is 5.10 Å². The largest absolute Gasteiger partial charge is 0.383 e. The van der Waals surface area contributed by atoms with Crippen LogP contribution in [0.2, 0.25) is 0 Å². The number of hydrogen-bond acceptors (Lipinski definition) is 7. The molecule has 30 heavy (non-hydrogen) atoms. The number of aromatic nitrogens is 3. The second-order valence-corrected chi connectivity index (χ2v) is 10.8. The lowest BCUT2D eigenvalue weighted by Gasteiger charge is -2.15. The lowest BCUT2D eigenvalue weighted by molar-refractivity contribution is 0.0907. The molecule has 0 aromatic carbocycles. The zero-order valence-electron chi connectivity index (χ0n) is 17.1. The van der Waals surface area contributed by atoms with Crippen LogP contribution in [-0.2, 0) is 14.6 Å². The number of sulfone groups is 1. The molecule has 3 aromatic heterocycles. The van der Waals surface area contributed by atoms with Crippen LogP contribution in [0.25, 0.3) is 21.6 Å². The van der Waals surface area contributed by atoms with Crippen LogP contribution >= 0.6 is 11.3 Å². The number of aryl methyl sites for hydroxylation is 1. The molecule has 2 unspecified atom stereocenters. The summed E-state index contributed by atoms with van der Waals surface area (Å²) in [6, 6.07) is 5.22. The maximum atomic E-state index is 13.1. The van der Waals surface area contributed by atoms with Gasteiger partial charge in [-0.15, -0.1) is 11.3 Å². The highest BCUT2D eigenvalue weighted by atomic mass is 32.2. The Balaban J connectivity index is 1.87. The molecule has 1 N–H and O–H groups in total. The van der Waals surface area contributed by atoms with Gasteiger partial charge in [0.05, 0.1) is 51.4 Å². The van der Waals surface area contributed by atoms with Gasteiger partial charge in [0.1, 0.15) is 0 Å². The third kappa shape index (κ3) is 3.99. The molecule has 2 atom stereocenters. The van der Waals surface area contributed by atoms with Crippen molar-refractivity contribution >= 4 is 38.1 Å². The van der Waals surface area contributed by atoms with Gasteiger partial charge in [-0.3, -0.25) is 4.79 Å². The first kappa shape index (κ1) is 21.0. The van der Waals surface area contributed by atoms with Crippen molar-refractivity contribution in [1.82, 2.24) is 20.1 Å². The van der Waals surface area contributed by atoms with Crippen molar-refractivity contribution in [3.8, 4) is 10.6 Å². The molecule has 1 amide bonds. The van der Waals surface area contributed by atoms with Gasteiger partial charge in [-0.25, -0.2) is 18.1 Å². The van der Waals surface area contributed by atoms with Crippen molar-refractivity contribution in [3.05, 3.63) is 34.8 Å². The van der Waals surface area contributed by atoms with E-state index < -0.39 is 9.84 Å². The first-order chi connectivity index (χ1) is 14.3. The normalized spacial score (nSPS) is 19.2. The van der Waals surface area contributed by atoms with Gasteiger partial charge in [0.15, 0.2) is 15.5 Å². The topological polar surface area (TPSA) is 103 Å². The molecule has 1 fully saturated rings. The van der Waals surface area contributed by atoms with Crippen molar-refractivity contribution in [2.45, 2.75) is 32.4 Å². The van der Waals surface area contributed by atoms with Crippen LogP contribution in [-0.4, -0.2) is 60.4 Å². The quantitative estimate of drug-likeness (QED) is 0.622. The number of carbonyl (C=O) groups is 1. The summed E-state index contributed by atoms with van der Waals surface area (Å²) in [5.74, 6) is -0.0445. The number of amides is 1. The number of methoxy groups -OCH3 is 1. The Kier molecular flexibility index (Phi) is 5.65. The molecule has 0 radical (unpaired) electrons. The summed E-state index contributed by atoms with van der Waals surface area (Å²) >= 11 is 1.53. The van der Waals surface area contributed by atoms with E-state index in [1.807, 2.05) is 31.4 Å². The Morgan fingerprint density at radius 1 is 1.47 bits per heavy atom. The summed E-state index contributed by atoms with van der Waals surface area (Å²) in [6.45, 7) is 4.10. The average Bonchev–Trinajstić information content (AvgIpc) is 3.40. The smallest absolute Gasteiger partial charge is 0.252 e. The molecule has 4 rings (SSSR count). The van der Waals surface area contributed by atoms with E-state index in [4.69, 9.17) is 9.72 Å². The Labute approximate surface area is 179 Å². The van der Waals surface area contributed by atoms with Crippen LogP contribution in [0.4, 0.5) is 0 Å². The Hall–Kier alpha value is -2.30. The number of ether oxygens (including phenoxy) is 1. The predicted molar refractivity (Wildman–Crippen MR) is 117 cm³/mol. The zero-order chi connectivity index (χ0) is 21.5. The first-order valence-corrected chi connectivity index (χ1v) is 12.4. The van der Waals surface area contributed by atoms with Crippen LogP contribution in [0.1, 0.15) is 35.4 Å². The fourth-order valence-corrected chi connectivity index (χ4v) is 6.24. The fourth-order valence-electron chi connectivity index (χ4n) is 3.86.